The highest BCUT2D eigenvalue weighted by Crippen LogP contribution is 2.22. The predicted octanol–water partition coefficient (Wildman–Crippen LogP) is 1.33. The van der Waals surface area contributed by atoms with Crippen LogP contribution in [0.2, 0.25) is 0 Å². The van der Waals surface area contributed by atoms with Crippen molar-refractivity contribution in [2.75, 3.05) is 6.54 Å². The first-order chi connectivity index (χ1) is 13.6. The van der Waals surface area contributed by atoms with Crippen LogP contribution in [-0.4, -0.2) is 48.3 Å². The second-order valence-corrected chi connectivity index (χ2v) is 9.83. The molecule has 0 aliphatic rings. The fraction of sp³-hybridized carbons (Fsp3) is 0.444. The van der Waals surface area contributed by atoms with Gasteiger partial charge in [0.1, 0.15) is 23.1 Å². The number of halogens is 1. The Labute approximate surface area is 179 Å². The summed E-state index contributed by atoms with van der Waals surface area (Å²) in [5.74, 6) is 0.416. The Bertz CT molecular complexity index is 961. The first-order valence-corrected chi connectivity index (χ1v) is 10.4. The second kappa shape index (κ2) is 9.42. The Kier molecular flexibility index (Phi) is 7.96. The number of non-ortho nitro benzene ring substituents is 1. The van der Waals surface area contributed by atoms with E-state index >= 15 is 0 Å². The van der Waals surface area contributed by atoms with Crippen LogP contribution in [-0.2, 0) is 24.3 Å². The Morgan fingerprint density at radius 3 is 2.23 bits per heavy atom. The molecular formula is C18H22ClN3O7S. The molecule has 0 spiro atoms. The molecule has 0 aromatic heterocycles. The van der Waals surface area contributed by atoms with Crippen molar-refractivity contribution in [3.63, 3.8) is 0 Å². The molecule has 1 aromatic carbocycles. The van der Waals surface area contributed by atoms with E-state index in [1.54, 1.807) is 20.8 Å². The third kappa shape index (κ3) is 7.29. The lowest BCUT2D eigenvalue weighted by molar-refractivity contribution is -0.384. The van der Waals surface area contributed by atoms with Gasteiger partial charge in [-0.3, -0.25) is 19.7 Å². The molecule has 10 nitrogen and oxygen atoms in total. The smallest absolute Gasteiger partial charge is 0.325 e. The van der Waals surface area contributed by atoms with Crippen molar-refractivity contribution in [2.24, 2.45) is 0 Å². The van der Waals surface area contributed by atoms with Crippen LogP contribution in [0.3, 0.4) is 0 Å². The molecule has 2 atom stereocenters. The van der Waals surface area contributed by atoms with Crippen molar-refractivity contribution in [2.45, 2.75) is 49.1 Å². The first kappa shape index (κ1) is 25.4. The number of nitro groups is 1. The van der Waals surface area contributed by atoms with Gasteiger partial charge in [-0.2, -0.15) is 4.72 Å². The number of terminal acetylenes is 1. The van der Waals surface area contributed by atoms with Gasteiger partial charge in [0.25, 0.3) is 5.69 Å². The summed E-state index contributed by atoms with van der Waals surface area (Å²) < 4.78 is 32.4. The van der Waals surface area contributed by atoms with Crippen LogP contribution < -0.4 is 10.0 Å². The summed E-state index contributed by atoms with van der Waals surface area (Å²) >= 11 is 6.13. The van der Waals surface area contributed by atoms with E-state index in [-0.39, 0.29) is 10.6 Å². The number of esters is 1. The van der Waals surface area contributed by atoms with E-state index in [1.165, 1.54) is 6.92 Å². The molecule has 0 unspecified atom stereocenters. The standard InChI is InChI=1S/C18H22ClN3O7S/c1-6-18(5,19)15(16(24)20-11-14(23)29-17(2,3)4)21-30(27,28)13-9-7-12(8-10-13)22(25)26/h1,7-10,15,21H,11H2,2-5H3,(H,20,24)/t15-,18-/m1/s1. The van der Waals surface area contributed by atoms with Crippen molar-refractivity contribution in [3.05, 3.63) is 34.4 Å². The van der Waals surface area contributed by atoms with Gasteiger partial charge in [-0.25, -0.2) is 8.42 Å². The SMILES string of the molecule is C#C[C@@](C)(Cl)[C@H](NS(=O)(=O)c1ccc([N+](=O)[O-])cc1)C(=O)NCC(=O)OC(C)(C)C. The predicted molar refractivity (Wildman–Crippen MR) is 109 cm³/mol. The largest absolute Gasteiger partial charge is 0.459 e. The molecule has 12 heteroatoms. The number of amides is 1. The minimum Gasteiger partial charge on any atom is -0.459 e. The van der Waals surface area contributed by atoms with Crippen LogP contribution in [0.1, 0.15) is 27.7 Å². The molecule has 1 rings (SSSR count). The fourth-order valence-corrected chi connectivity index (χ4v) is 3.60. The van der Waals surface area contributed by atoms with Crippen LogP contribution in [0, 0.1) is 22.5 Å². The highest BCUT2D eigenvalue weighted by atomic mass is 35.5. The van der Waals surface area contributed by atoms with Crippen LogP contribution >= 0.6 is 11.6 Å². The van der Waals surface area contributed by atoms with E-state index in [1.807, 2.05) is 0 Å². The number of hydrogen-bond donors (Lipinski definition) is 2. The van der Waals surface area contributed by atoms with Crippen LogP contribution in [0.25, 0.3) is 0 Å². The summed E-state index contributed by atoms with van der Waals surface area (Å²) in [6, 6.07) is 2.32. The maximum Gasteiger partial charge on any atom is 0.325 e. The molecule has 30 heavy (non-hydrogen) atoms. The van der Waals surface area contributed by atoms with E-state index in [4.69, 9.17) is 22.8 Å². The summed E-state index contributed by atoms with van der Waals surface area (Å²) in [6.07, 6.45) is 5.33. The summed E-state index contributed by atoms with van der Waals surface area (Å²) in [6.45, 7) is 5.63. The van der Waals surface area contributed by atoms with Crippen molar-refractivity contribution in [1.82, 2.24) is 10.0 Å². The number of carbonyl (C=O) groups is 2. The van der Waals surface area contributed by atoms with E-state index < -0.39 is 49.9 Å². The Morgan fingerprint density at radius 2 is 1.80 bits per heavy atom. The summed E-state index contributed by atoms with van der Waals surface area (Å²) in [5, 5.41) is 13.0. The topological polar surface area (TPSA) is 145 Å². The summed E-state index contributed by atoms with van der Waals surface area (Å²) in [7, 11) is -4.34. The second-order valence-electron chi connectivity index (χ2n) is 7.33. The average Bonchev–Trinajstić information content (AvgIpc) is 2.62. The average molecular weight is 460 g/mol. The monoisotopic (exact) mass is 459 g/mol. The zero-order valence-electron chi connectivity index (χ0n) is 16.8. The minimum atomic E-state index is -4.34. The van der Waals surface area contributed by atoms with Gasteiger partial charge in [0.2, 0.25) is 15.9 Å². The van der Waals surface area contributed by atoms with Gasteiger partial charge >= 0.3 is 5.97 Å². The number of nitrogens with zero attached hydrogens (tertiary/aromatic N) is 1. The number of nitro benzene ring substituents is 1. The Hall–Kier alpha value is -2.68. The number of ether oxygens (including phenoxy) is 1. The molecule has 0 fully saturated rings. The molecule has 164 valence electrons. The third-order valence-electron chi connectivity index (χ3n) is 3.54. The van der Waals surface area contributed by atoms with E-state index in [9.17, 15) is 28.1 Å². The molecule has 1 aromatic rings. The van der Waals surface area contributed by atoms with E-state index in [0.29, 0.717) is 0 Å². The number of rotatable bonds is 8. The summed E-state index contributed by atoms with van der Waals surface area (Å²) in [4.78, 5) is 32.3. The molecule has 0 saturated heterocycles. The normalized spacial score (nSPS) is 14.7. The molecule has 0 aliphatic heterocycles. The van der Waals surface area contributed by atoms with Crippen molar-refractivity contribution in [3.8, 4) is 12.3 Å². The molecular weight excluding hydrogens is 438 g/mol. The number of alkyl halides is 1. The molecule has 0 bridgehead atoms. The van der Waals surface area contributed by atoms with E-state index in [0.717, 1.165) is 24.3 Å². The number of benzene rings is 1. The highest BCUT2D eigenvalue weighted by Gasteiger charge is 2.40. The fourth-order valence-electron chi connectivity index (χ4n) is 2.10. The first-order valence-electron chi connectivity index (χ1n) is 8.52. The van der Waals surface area contributed by atoms with Crippen LogP contribution in [0.15, 0.2) is 29.2 Å². The van der Waals surface area contributed by atoms with Crippen molar-refractivity contribution in [1.29, 1.82) is 0 Å². The highest BCUT2D eigenvalue weighted by molar-refractivity contribution is 7.89. The molecule has 0 aliphatic carbocycles. The van der Waals surface area contributed by atoms with Gasteiger partial charge < -0.3 is 10.1 Å². The lowest BCUT2D eigenvalue weighted by atomic mass is 10.0. The minimum absolute atomic E-state index is 0.314. The number of hydrogen-bond acceptors (Lipinski definition) is 7. The zero-order chi connectivity index (χ0) is 23.3. The summed E-state index contributed by atoms with van der Waals surface area (Å²) in [5.41, 5.74) is -1.09. The van der Waals surface area contributed by atoms with Crippen LogP contribution in [0.4, 0.5) is 5.69 Å². The Balaban J connectivity index is 3.06. The maximum atomic E-state index is 12.6. The maximum absolute atomic E-state index is 12.6. The molecule has 0 radical (unpaired) electrons. The third-order valence-corrected chi connectivity index (χ3v) is 5.31. The molecule has 0 heterocycles. The molecule has 0 saturated carbocycles. The zero-order valence-corrected chi connectivity index (χ0v) is 18.3. The van der Waals surface area contributed by atoms with Gasteiger partial charge in [0, 0.05) is 12.1 Å². The quantitative estimate of drug-likeness (QED) is 0.196. The van der Waals surface area contributed by atoms with Crippen molar-refractivity contribution < 1.29 is 27.7 Å². The van der Waals surface area contributed by atoms with E-state index in [2.05, 4.69) is 16.0 Å². The molecule has 2 N–H and O–H groups in total. The lowest BCUT2D eigenvalue weighted by Gasteiger charge is -2.27. The molecule has 1 amide bonds. The van der Waals surface area contributed by atoms with Gasteiger partial charge in [0.05, 0.1) is 9.82 Å². The van der Waals surface area contributed by atoms with Gasteiger partial charge in [-0.15, -0.1) is 18.0 Å². The van der Waals surface area contributed by atoms with Gasteiger partial charge in [-0.1, -0.05) is 5.92 Å². The number of sulfonamides is 1. The van der Waals surface area contributed by atoms with Crippen LogP contribution in [0.5, 0.6) is 0 Å². The van der Waals surface area contributed by atoms with Gasteiger partial charge in [0.15, 0.2) is 0 Å². The number of nitrogens with one attached hydrogen (secondary N) is 2. The van der Waals surface area contributed by atoms with Gasteiger partial charge in [-0.05, 0) is 39.8 Å². The number of carbonyl (C=O) groups excluding carboxylic acids is 2. The lowest BCUT2D eigenvalue weighted by Crippen LogP contribution is -2.56. The Morgan fingerprint density at radius 1 is 1.27 bits per heavy atom. The van der Waals surface area contributed by atoms with Crippen molar-refractivity contribution >= 4 is 39.2 Å².